The number of aromatic nitrogens is 1. The Balaban J connectivity index is 1.87. The molecule has 0 unspecified atom stereocenters. The first-order valence-corrected chi connectivity index (χ1v) is 6.51. The third kappa shape index (κ3) is 2.22. The molecule has 0 radical (unpaired) electrons. The summed E-state index contributed by atoms with van der Waals surface area (Å²) in [6, 6.07) is 9.81. The molecule has 0 saturated heterocycles. The van der Waals surface area contributed by atoms with Gasteiger partial charge in [0.15, 0.2) is 0 Å². The molecule has 0 saturated carbocycles. The summed E-state index contributed by atoms with van der Waals surface area (Å²) in [5, 5.41) is 0.466. The van der Waals surface area contributed by atoms with Crippen LogP contribution in [0, 0.1) is 6.92 Å². The molecule has 0 N–H and O–H groups in total. The van der Waals surface area contributed by atoms with E-state index in [1.807, 2.05) is 19.1 Å². The Morgan fingerprint density at radius 3 is 2.47 bits per heavy atom. The van der Waals surface area contributed by atoms with Crippen molar-refractivity contribution < 1.29 is 4.79 Å². The standard InChI is InChI=1S/C15H13ClN2O/c1-10-6-14(16)13(7-17-10)15(19)18-8-11-4-2-3-5-12(11)9-18/h2-7H,8-9H2,1H3. The van der Waals surface area contributed by atoms with E-state index in [1.165, 1.54) is 11.1 Å². The second-order valence-electron chi connectivity index (χ2n) is 4.74. The fourth-order valence-corrected chi connectivity index (χ4v) is 2.62. The molecule has 0 spiro atoms. The second-order valence-corrected chi connectivity index (χ2v) is 5.14. The van der Waals surface area contributed by atoms with Crippen molar-refractivity contribution in [2.75, 3.05) is 0 Å². The number of hydrogen-bond acceptors (Lipinski definition) is 2. The van der Waals surface area contributed by atoms with Gasteiger partial charge in [-0.3, -0.25) is 9.78 Å². The van der Waals surface area contributed by atoms with Crippen LogP contribution in [-0.4, -0.2) is 15.8 Å². The van der Waals surface area contributed by atoms with Gasteiger partial charge in [0.25, 0.3) is 5.91 Å². The van der Waals surface area contributed by atoms with Crippen molar-refractivity contribution in [3.63, 3.8) is 0 Å². The molecule has 1 aliphatic rings. The van der Waals surface area contributed by atoms with Gasteiger partial charge in [0.2, 0.25) is 0 Å². The maximum Gasteiger partial charge on any atom is 0.257 e. The summed E-state index contributed by atoms with van der Waals surface area (Å²) in [5.41, 5.74) is 3.69. The third-order valence-corrected chi connectivity index (χ3v) is 3.66. The van der Waals surface area contributed by atoms with Crippen molar-refractivity contribution in [2.45, 2.75) is 20.0 Å². The van der Waals surface area contributed by atoms with Crippen LogP contribution >= 0.6 is 11.6 Å². The summed E-state index contributed by atoms with van der Waals surface area (Å²) < 4.78 is 0. The zero-order valence-corrected chi connectivity index (χ0v) is 11.3. The molecule has 1 aromatic carbocycles. The predicted molar refractivity (Wildman–Crippen MR) is 74.0 cm³/mol. The van der Waals surface area contributed by atoms with Crippen LogP contribution in [0.4, 0.5) is 0 Å². The van der Waals surface area contributed by atoms with Crippen LogP contribution in [0.5, 0.6) is 0 Å². The minimum atomic E-state index is -0.0614. The maximum atomic E-state index is 12.4. The van der Waals surface area contributed by atoms with Crippen molar-refractivity contribution in [1.29, 1.82) is 0 Å². The Morgan fingerprint density at radius 2 is 1.89 bits per heavy atom. The fraction of sp³-hybridized carbons (Fsp3) is 0.200. The van der Waals surface area contributed by atoms with Crippen LogP contribution < -0.4 is 0 Å². The minimum Gasteiger partial charge on any atom is -0.330 e. The molecule has 3 nitrogen and oxygen atoms in total. The van der Waals surface area contributed by atoms with Crippen LogP contribution in [-0.2, 0) is 13.1 Å². The van der Waals surface area contributed by atoms with Gasteiger partial charge in [0, 0.05) is 25.0 Å². The smallest absolute Gasteiger partial charge is 0.257 e. The van der Waals surface area contributed by atoms with Gasteiger partial charge < -0.3 is 4.90 Å². The fourth-order valence-electron chi connectivity index (χ4n) is 2.33. The summed E-state index contributed by atoms with van der Waals surface area (Å²) in [5.74, 6) is -0.0614. The van der Waals surface area contributed by atoms with Crippen molar-refractivity contribution in [1.82, 2.24) is 9.88 Å². The van der Waals surface area contributed by atoms with E-state index in [0.717, 1.165) is 5.69 Å². The molecule has 4 heteroatoms. The van der Waals surface area contributed by atoms with Crippen LogP contribution in [0.3, 0.4) is 0 Å². The average molecular weight is 273 g/mol. The number of halogens is 1. The van der Waals surface area contributed by atoms with Crippen molar-refractivity contribution >= 4 is 17.5 Å². The summed E-state index contributed by atoms with van der Waals surface area (Å²) in [7, 11) is 0. The third-order valence-electron chi connectivity index (χ3n) is 3.35. The Morgan fingerprint density at radius 1 is 1.26 bits per heavy atom. The second kappa shape index (κ2) is 4.67. The highest BCUT2D eigenvalue weighted by atomic mass is 35.5. The average Bonchev–Trinajstić information content (AvgIpc) is 2.81. The van der Waals surface area contributed by atoms with Crippen LogP contribution in [0.25, 0.3) is 0 Å². The van der Waals surface area contributed by atoms with E-state index >= 15 is 0 Å². The lowest BCUT2D eigenvalue weighted by molar-refractivity contribution is 0.0751. The predicted octanol–water partition coefficient (Wildman–Crippen LogP) is 3.20. The van der Waals surface area contributed by atoms with Gasteiger partial charge >= 0.3 is 0 Å². The monoisotopic (exact) mass is 272 g/mol. The molecular weight excluding hydrogens is 260 g/mol. The number of benzene rings is 1. The van der Waals surface area contributed by atoms with Crippen molar-refractivity contribution in [3.8, 4) is 0 Å². The minimum absolute atomic E-state index is 0.0614. The molecule has 1 aliphatic heterocycles. The van der Waals surface area contributed by atoms with Crippen LogP contribution in [0.1, 0.15) is 27.2 Å². The maximum absolute atomic E-state index is 12.4. The van der Waals surface area contributed by atoms with E-state index in [9.17, 15) is 4.79 Å². The quantitative estimate of drug-likeness (QED) is 0.799. The number of amides is 1. The van der Waals surface area contributed by atoms with E-state index in [2.05, 4.69) is 17.1 Å². The Hall–Kier alpha value is -1.87. The molecule has 2 heterocycles. The van der Waals surface area contributed by atoms with E-state index in [0.29, 0.717) is 23.7 Å². The Labute approximate surface area is 116 Å². The Kier molecular flexibility index (Phi) is 2.99. The highest BCUT2D eigenvalue weighted by Crippen LogP contribution is 2.26. The molecule has 96 valence electrons. The highest BCUT2D eigenvalue weighted by molar-refractivity contribution is 6.33. The number of rotatable bonds is 1. The number of carbonyl (C=O) groups is 1. The Bertz CT molecular complexity index is 629. The number of aryl methyl sites for hydroxylation is 1. The summed E-state index contributed by atoms with van der Waals surface area (Å²) in [4.78, 5) is 18.4. The lowest BCUT2D eigenvalue weighted by atomic mass is 10.1. The largest absolute Gasteiger partial charge is 0.330 e. The van der Waals surface area contributed by atoms with Gasteiger partial charge in [-0.05, 0) is 24.1 Å². The van der Waals surface area contributed by atoms with Crippen LogP contribution in [0.15, 0.2) is 36.5 Å². The molecule has 0 fully saturated rings. The van der Waals surface area contributed by atoms with E-state index in [-0.39, 0.29) is 5.91 Å². The van der Waals surface area contributed by atoms with Gasteiger partial charge in [-0.1, -0.05) is 35.9 Å². The molecular formula is C15H13ClN2O. The number of fused-ring (bicyclic) bond motifs is 1. The summed E-state index contributed by atoms with van der Waals surface area (Å²) >= 11 is 6.13. The first-order valence-electron chi connectivity index (χ1n) is 6.13. The SMILES string of the molecule is Cc1cc(Cl)c(C(=O)N2Cc3ccccc3C2)cn1. The first kappa shape index (κ1) is 12.2. The molecule has 0 bridgehead atoms. The van der Waals surface area contributed by atoms with Gasteiger partial charge in [-0.15, -0.1) is 0 Å². The molecule has 0 atom stereocenters. The lowest BCUT2D eigenvalue weighted by Crippen LogP contribution is -2.25. The number of pyridine rings is 1. The summed E-state index contributed by atoms with van der Waals surface area (Å²) in [6.07, 6.45) is 1.56. The van der Waals surface area contributed by atoms with Crippen molar-refractivity contribution in [3.05, 3.63) is 63.9 Å². The van der Waals surface area contributed by atoms with Gasteiger partial charge in [0.05, 0.1) is 10.6 Å². The zero-order valence-electron chi connectivity index (χ0n) is 10.6. The van der Waals surface area contributed by atoms with Gasteiger partial charge in [-0.25, -0.2) is 0 Å². The lowest BCUT2D eigenvalue weighted by Gasteiger charge is -2.16. The topological polar surface area (TPSA) is 33.2 Å². The van der Waals surface area contributed by atoms with E-state index in [4.69, 9.17) is 11.6 Å². The number of carbonyl (C=O) groups excluding carboxylic acids is 1. The molecule has 19 heavy (non-hydrogen) atoms. The zero-order chi connectivity index (χ0) is 13.4. The molecule has 3 rings (SSSR count). The van der Waals surface area contributed by atoms with Gasteiger partial charge in [-0.2, -0.15) is 0 Å². The molecule has 1 amide bonds. The van der Waals surface area contributed by atoms with Crippen molar-refractivity contribution in [2.24, 2.45) is 0 Å². The van der Waals surface area contributed by atoms with E-state index in [1.54, 1.807) is 17.2 Å². The van der Waals surface area contributed by atoms with E-state index < -0.39 is 0 Å². The van der Waals surface area contributed by atoms with Crippen LogP contribution in [0.2, 0.25) is 5.02 Å². The first-order chi connectivity index (χ1) is 9.15. The molecule has 1 aromatic heterocycles. The number of nitrogens with zero attached hydrogens (tertiary/aromatic N) is 2. The number of hydrogen-bond donors (Lipinski definition) is 0. The highest BCUT2D eigenvalue weighted by Gasteiger charge is 2.25. The van der Waals surface area contributed by atoms with Gasteiger partial charge in [0.1, 0.15) is 0 Å². The molecule has 2 aromatic rings. The normalized spacial score (nSPS) is 13.5. The molecule has 0 aliphatic carbocycles. The summed E-state index contributed by atoms with van der Waals surface area (Å²) in [6.45, 7) is 3.13.